The molecular formula is C15H20ClN3. The summed E-state index contributed by atoms with van der Waals surface area (Å²) in [7, 11) is 1.94. The molecule has 0 aliphatic rings. The lowest BCUT2D eigenvalue weighted by Gasteiger charge is -2.13. The van der Waals surface area contributed by atoms with Crippen molar-refractivity contribution in [1.82, 2.24) is 15.1 Å². The van der Waals surface area contributed by atoms with Crippen molar-refractivity contribution in [3.63, 3.8) is 0 Å². The van der Waals surface area contributed by atoms with Crippen molar-refractivity contribution >= 4 is 11.6 Å². The Morgan fingerprint density at radius 3 is 2.63 bits per heavy atom. The van der Waals surface area contributed by atoms with Crippen LogP contribution in [0.2, 0.25) is 5.02 Å². The van der Waals surface area contributed by atoms with E-state index >= 15 is 0 Å². The lowest BCUT2D eigenvalue weighted by Crippen LogP contribution is -2.30. The molecule has 2 aromatic rings. The molecule has 1 aromatic carbocycles. The van der Waals surface area contributed by atoms with E-state index in [1.165, 1.54) is 5.56 Å². The molecule has 3 nitrogen and oxygen atoms in total. The molecule has 0 aliphatic heterocycles. The van der Waals surface area contributed by atoms with Crippen molar-refractivity contribution in [3.8, 4) is 0 Å². The average molecular weight is 278 g/mol. The van der Waals surface area contributed by atoms with Crippen molar-refractivity contribution in [1.29, 1.82) is 0 Å². The van der Waals surface area contributed by atoms with Crippen LogP contribution in [0.15, 0.2) is 36.5 Å². The van der Waals surface area contributed by atoms with E-state index in [0.717, 1.165) is 30.1 Å². The van der Waals surface area contributed by atoms with Gasteiger partial charge in [0, 0.05) is 37.3 Å². The smallest absolute Gasteiger partial charge is 0.0637 e. The summed E-state index contributed by atoms with van der Waals surface area (Å²) in [5.74, 6) is 0. The first kappa shape index (κ1) is 14.1. The van der Waals surface area contributed by atoms with E-state index in [1.54, 1.807) is 0 Å². The fourth-order valence-electron chi connectivity index (χ4n) is 2.09. The van der Waals surface area contributed by atoms with E-state index in [2.05, 4.69) is 35.5 Å². The van der Waals surface area contributed by atoms with E-state index in [1.807, 2.05) is 30.1 Å². The van der Waals surface area contributed by atoms with Gasteiger partial charge in [-0.2, -0.15) is 5.10 Å². The minimum atomic E-state index is 0.449. The molecule has 19 heavy (non-hydrogen) atoms. The molecule has 1 aromatic heterocycles. The highest BCUT2D eigenvalue weighted by Crippen LogP contribution is 2.11. The molecule has 0 aliphatic carbocycles. The minimum absolute atomic E-state index is 0.449. The van der Waals surface area contributed by atoms with Crippen molar-refractivity contribution in [2.75, 3.05) is 6.54 Å². The second kappa shape index (κ2) is 6.73. The van der Waals surface area contributed by atoms with Gasteiger partial charge in [-0.05, 0) is 37.1 Å². The van der Waals surface area contributed by atoms with Gasteiger partial charge in [0.05, 0.1) is 5.69 Å². The summed E-state index contributed by atoms with van der Waals surface area (Å²) < 4.78 is 1.84. The van der Waals surface area contributed by atoms with E-state index < -0.39 is 0 Å². The molecule has 1 heterocycles. The summed E-state index contributed by atoms with van der Waals surface area (Å²) in [6.45, 7) is 3.15. The SMILES string of the molecule is CC(Cc1ccc(Cl)cc1)NCCc1ccn(C)n1. The quantitative estimate of drug-likeness (QED) is 0.880. The Hall–Kier alpha value is -1.32. The summed E-state index contributed by atoms with van der Waals surface area (Å²) in [5, 5.41) is 8.68. The molecule has 0 saturated carbocycles. The van der Waals surface area contributed by atoms with Crippen LogP contribution in [-0.2, 0) is 19.9 Å². The molecule has 0 fully saturated rings. The maximum Gasteiger partial charge on any atom is 0.0637 e. The summed E-state index contributed by atoms with van der Waals surface area (Å²) in [6.07, 6.45) is 3.96. The Labute approximate surface area is 119 Å². The number of hydrogen-bond acceptors (Lipinski definition) is 2. The Morgan fingerprint density at radius 1 is 1.26 bits per heavy atom. The van der Waals surface area contributed by atoms with Crippen LogP contribution in [0, 0.1) is 0 Å². The lowest BCUT2D eigenvalue weighted by molar-refractivity contribution is 0.544. The summed E-state index contributed by atoms with van der Waals surface area (Å²) in [6, 6.07) is 10.6. The summed E-state index contributed by atoms with van der Waals surface area (Å²) >= 11 is 5.88. The number of benzene rings is 1. The van der Waals surface area contributed by atoms with Gasteiger partial charge in [0.25, 0.3) is 0 Å². The third kappa shape index (κ3) is 4.69. The van der Waals surface area contributed by atoms with Gasteiger partial charge in [-0.1, -0.05) is 23.7 Å². The molecule has 0 saturated heterocycles. The van der Waals surface area contributed by atoms with E-state index in [0.29, 0.717) is 6.04 Å². The fourth-order valence-corrected chi connectivity index (χ4v) is 2.22. The van der Waals surface area contributed by atoms with Gasteiger partial charge in [-0.3, -0.25) is 4.68 Å². The molecule has 0 bridgehead atoms. The molecule has 1 unspecified atom stereocenters. The van der Waals surface area contributed by atoms with Crippen LogP contribution in [0.25, 0.3) is 0 Å². The Bertz CT molecular complexity index is 504. The molecule has 0 amide bonds. The number of aryl methyl sites for hydroxylation is 1. The zero-order chi connectivity index (χ0) is 13.7. The van der Waals surface area contributed by atoms with Crippen molar-refractivity contribution in [3.05, 3.63) is 52.8 Å². The van der Waals surface area contributed by atoms with Crippen LogP contribution < -0.4 is 5.32 Å². The Kier molecular flexibility index (Phi) is 5.00. The Morgan fingerprint density at radius 2 is 2.00 bits per heavy atom. The lowest BCUT2D eigenvalue weighted by atomic mass is 10.1. The summed E-state index contributed by atoms with van der Waals surface area (Å²) in [4.78, 5) is 0. The minimum Gasteiger partial charge on any atom is -0.314 e. The molecular weight excluding hydrogens is 258 g/mol. The molecule has 102 valence electrons. The number of aromatic nitrogens is 2. The van der Waals surface area contributed by atoms with E-state index in [4.69, 9.17) is 11.6 Å². The second-order valence-corrected chi connectivity index (χ2v) is 5.35. The highest BCUT2D eigenvalue weighted by atomic mass is 35.5. The molecule has 0 spiro atoms. The molecule has 0 radical (unpaired) electrons. The van der Waals surface area contributed by atoms with Gasteiger partial charge in [-0.25, -0.2) is 0 Å². The van der Waals surface area contributed by atoms with Gasteiger partial charge in [-0.15, -0.1) is 0 Å². The highest BCUT2D eigenvalue weighted by molar-refractivity contribution is 6.30. The second-order valence-electron chi connectivity index (χ2n) is 4.92. The maximum atomic E-state index is 5.88. The van der Waals surface area contributed by atoms with Gasteiger partial charge in [0.1, 0.15) is 0 Å². The summed E-state index contributed by atoms with van der Waals surface area (Å²) in [5.41, 5.74) is 2.44. The van der Waals surface area contributed by atoms with Crippen LogP contribution in [0.3, 0.4) is 0 Å². The first-order valence-corrected chi connectivity index (χ1v) is 6.97. The number of halogens is 1. The third-order valence-corrected chi connectivity index (χ3v) is 3.35. The van der Waals surface area contributed by atoms with Gasteiger partial charge in [0.2, 0.25) is 0 Å². The van der Waals surface area contributed by atoms with Gasteiger partial charge >= 0.3 is 0 Å². The van der Waals surface area contributed by atoms with Crippen LogP contribution in [0.4, 0.5) is 0 Å². The zero-order valence-corrected chi connectivity index (χ0v) is 12.2. The van der Waals surface area contributed by atoms with Crippen molar-refractivity contribution < 1.29 is 0 Å². The van der Waals surface area contributed by atoms with E-state index in [-0.39, 0.29) is 0 Å². The monoisotopic (exact) mass is 277 g/mol. The van der Waals surface area contributed by atoms with Crippen LogP contribution >= 0.6 is 11.6 Å². The first-order valence-electron chi connectivity index (χ1n) is 6.60. The Balaban J connectivity index is 1.72. The van der Waals surface area contributed by atoms with Gasteiger partial charge in [0.15, 0.2) is 0 Å². The molecule has 2 rings (SSSR count). The number of hydrogen-bond donors (Lipinski definition) is 1. The van der Waals surface area contributed by atoms with Crippen LogP contribution in [-0.4, -0.2) is 22.4 Å². The third-order valence-electron chi connectivity index (χ3n) is 3.10. The van der Waals surface area contributed by atoms with Crippen LogP contribution in [0.5, 0.6) is 0 Å². The largest absolute Gasteiger partial charge is 0.314 e. The predicted molar refractivity (Wildman–Crippen MR) is 79.5 cm³/mol. The van der Waals surface area contributed by atoms with E-state index in [9.17, 15) is 0 Å². The molecule has 1 N–H and O–H groups in total. The topological polar surface area (TPSA) is 29.9 Å². The van der Waals surface area contributed by atoms with Gasteiger partial charge < -0.3 is 5.32 Å². The van der Waals surface area contributed by atoms with Crippen LogP contribution in [0.1, 0.15) is 18.2 Å². The maximum absolute atomic E-state index is 5.88. The zero-order valence-electron chi connectivity index (χ0n) is 11.4. The van der Waals surface area contributed by atoms with Crippen molar-refractivity contribution in [2.24, 2.45) is 7.05 Å². The molecule has 4 heteroatoms. The standard InChI is InChI=1S/C15H20ClN3/c1-12(11-13-3-5-14(16)6-4-13)17-9-7-15-8-10-19(2)18-15/h3-6,8,10,12,17H,7,9,11H2,1-2H3. The normalized spacial score (nSPS) is 12.6. The first-order chi connectivity index (χ1) is 9.13. The fraction of sp³-hybridized carbons (Fsp3) is 0.400. The van der Waals surface area contributed by atoms with Crippen molar-refractivity contribution in [2.45, 2.75) is 25.8 Å². The number of nitrogens with one attached hydrogen (secondary N) is 1. The predicted octanol–water partition coefficient (Wildman–Crippen LogP) is 2.84. The average Bonchev–Trinajstić information content (AvgIpc) is 2.78. The highest BCUT2D eigenvalue weighted by Gasteiger charge is 2.04. The number of nitrogens with zero attached hydrogens (tertiary/aromatic N) is 2. The number of rotatable bonds is 6. The molecule has 1 atom stereocenters.